The molecule has 0 unspecified atom stereocenters. The molecule has 3 aliphatic rings. The lowest BCUT2D eigenvalue weighted by Gasteiger charge is -2.44. The molecule has 0 aromatic heterocycles. The monoisotopic (exact) mass is 539 g/mol. The van der Waals surface area contributed by atoms with Crippen LogP contribution in [0.4, 0.5) is 0 Å². The summed E-state index contributed by atoms with van der Waals surface area (Å²) < 4.78 is 34.0. The number of morpholine rings is 1. The van der Waals surface area contributed by atoms with E-state index in [1.165, 1.54) is 15.4 Å². The van der Waals surface area contributed by atoms with Crippen LogP contribution in [-0.2, 0) is 43.7 Å². The number of fused-ring (bicyclic) bond motifs is 1. The van der Waals surface area contributed by atoms with E-state index in [1.54, 1.807) is 29.2 Å². The van der Waals surface area contributed by atoms with Crippen LogP contribution in [0.15, 0.2) is 53.4 Å². The highest BCUT2D eigenvalue weighted by Gasteiger charge is 2.47. The molecule has 0 bridgehead atoms. The summed E-state index contributed by atoms with van der Waals surface area (Å²) in [5, 5.41) is 3.08. The highest BCUT2D eigenvalue weighted by Crippen LogP contribution is 2.34. The molecule has 8 nitrogen and oxygen atoms in total. The molecule has 5 rings (SSSR count). The topological polar surface area (TPSA) is 96.0 Å². The third-order valence-electron chi connectivity index (χ3n) is 8.40. The number of carbonyl (C=O) groups excluding carboxylic acids is 2. The van der Waals surface area contributed by atoms with Gasteiger partial charge in [0, 0.05) is 19.6 Å². The summed E-state index contributed by atoms with van der Waals surface area (Å²) in [6.07, 6.45) is 2.95. The van der Waals surface area contributed by atoms with Gasteiger partial charge < -0.3 is 15.0 Å². The predicted molar refractivity (Wildman–Crippen MR) is 144 cm³/mol. The Balaban J connectivity index is 1.48. The number of benzene rings is 2. The average Bonchev–Trinajstić information content (AvgIpc) is 3.37. The number of hydrogen-bond donors (Lipinski definition) is 1. The molecular weight excluding hydrogens is 502 g/mol. The molecule has 2 fully saturated rings. The lowest BCUT2D eigenvalue weighted by Crippen LogP contribution is -2.66. The van der Waals surface area contributed by atoms with Gasteiger partial charge >= 0.3 is 0 Å². The van der Waals surface area contributed by atoms with E-state index in [1.807, 2.05) is 26.0 Å². The fourth-order valence-electron chi connectivity index (χ4n) is 6.28. The van der Waals surface area contributed by atoms with Crippen molar-refractivity contribution in [2.75, 3.05) is 26.3 Å². The summed E-state index contributed by atoms with van der Waals surface area (Å²) in [5.41, 5.74) is 2.97. The second kappa shape index (κ2) is 11.2. The molecule has 38 heavy (non-hydrogen) atoms. The predicted octanol–water partition coefficient (Wildman–Crippen LogP) is 2.75. The van der Waals surface area contributed by atoms with Gasteiger partial charge in [0.1, 0.15) is 12.1 Å². The fourth-order valence-corrected chi connectivity index (χ4v) is 7.90. The molecular formula is C29H37N3O5S. The average molecular weight is 540 g/mol. The van der Waals surface area contributed by atoms with Crippen molar-refractivity contribution in [1.82, 2.24) is 14.5 Å². The van der Waals surface area contributed by atoms with Gasteiger partial charge in [-0.1, -0.05) is 69.2 Å². The van der Waals surface area contributed by atoms with Crippen molar-refractivity contribution in [2.45, 2.75) is 63.1 Å². The second-order valence-electron chi connectivity index (χ2n) is 10.5. The van der Waals surface area contributed by atoms with E-state index < -0.39 is 22.1 Å². The number of nitrogens with zero attached hydrogens (tertiary/aromatic N) is 2. The van der Waals surface area contributed by atoms with Crippen LogP contribution in [0.3, 0.4) is 0 Å². The van der Waals surface area contributed by atoms with Crippen LogP contribution in [0.5, 0.6) is 0 Å². The summed E-state index contributed by atoms with van der Waals surface area (Å²) in [6, 6.07) is 13.8. The molecule has 2 aliphatic heterocycles. The van der Waals surface area contributed by atoms with Gasteiger partial charge in [0.05, 0.1) is 18.1 Å². The van der Waals surface area contributed by atoms with Gasteiger partial charge in [-0.05, 0) is 47.4 Å². The lowest BCUT2D eigenvalue weighted by atomic mass is 9.86. The number of sulfonamides is 1. The van der Waals surface area contributed by atoms with Crippen LogP contribution in [0.25, 0.3) is 0 Å². The Morgan fingerprint density at radius 3 is 2.18 bits per heavy atom. The van der Waals surface area contributed by atoms with E-state index >= 15 is 0 Å². The van der Waals surface area contributed by atoms with Crippen molar-refractivity contribution in [3.63, 3.8) is 0 Å². The van der Waals surface area contributed by atoms with Gasteiger partial charge in [-0.3, -0.25) is 9.59 Å². The molecule has 2 aromatic rings. The number of rotatable bonds is 8. The molecule has 2 atom stereocenters. The standard InChI is InChI=1S/C29H37N3O5S/c1-3-20(4-2)27-28(33)30-26(24-17-21-9-5-6-10-22(21)18-24)29(34)32(27)19-23-11-7-8-12-25(23)38(35,36)31-13-15-37-16-14-31/h5-12,20,24,26-27H,3-4,13-19H2,1-2H3,(H,30,33)/t26-,27-/m1/s1. The SMILES string of the molecule is CCC(CC)[C@@H]1C(=O)N[C@H](C2Cc3ccccc3C2)C(=O)N1Cc1ccccc1S(=O)(=O)N1CCOCC1. The number of hydrogen-bond acceptors (Lipinski definition) is 5. The van der Waals surface area contributed by atoms with Gasteiger partial charge in [0.15, 0.2) is 0 Å². The van der Waals surface area contributed by atoms with Crippen LogP contribution < -0.4 is 5.32 Å². The Hall–Kier alpha value is -2.75. The van der Waals surface area contributed by atoms with Crippen molar-refractivity contribution in [2.24, 2.45) is 11.8 Å². The Kier molecular flexibility index (Phi) is 7.88. The maximum atomic E-state index is 14.2. The normalized spacial score (nSPS) is 23.1. The minimum absolute atomic E-state index is 0.0244. The summed E-state index contributed by atoms with van der Waals surface area (Å²) >= 11 is 0. The van der Waals surface area contributed by atoms with Gasteiger partial charge in [0.2, 0.25) is 21.8 Å². The highest BCUT2D eigenvalue weighted by molar-refractivity contribution is 7.89. The summed E-state index contributed by atoms with van der Waals surface area (Å²) in [7, 11) is -3.77. The molecule has 0 saturated carbocycles. The van der Waals surface area contributed by atoms with Crippen LogP contribution in [0.1, 0.15) is 43.4 Å². The molecule has 1 N–H and O–H groups in total. The largest absolute Gasteiger partial charge is 0.379 e. The molecule has 9 heteroatoms. The molecule has 204 valence electrons. The van der Waals surface area contributed by atoms with Crippen LogP contribution in [-0.4, -0.2) is 67.8 Å². The second-order valence-corrected chi connectivity index (χ2v) is 12.4. The number of carbonyl (C=O) groups is 2. The first-order valence-corrected chi connectivity index (χ1v) is 15.1. The highest BCUT2D eigenvalue weighted by atomic mass is 32.2. The van der Waals surface area contributed by atoms with E-state index in [2.05, 4.69) is 17.4 Å². The smallest absolute Gasteiger partial charge is 0.246 e. The minimum atomic E-state index is -3.77. The van der Waals surface area contributed by atoms with E-state index in [0.717, 1.165) is 25.7 Å². The zero-order chi connectivity index (χ0) is 26.9. The Morgan fingerprint density at radius 2 is 1.55 bits per heavy atom. The maximum Gasteiger partial charge on any atom is 0.246 e. The first-order valence-electron chi connectivity index (χ1n) is 13.7. The lowest BCUT2D eigenvalue weighted by molar-refractivity contribution is -0.154. The van der Waals surface area contributed by atoms with Crippen LogP contribution >= 0.6 is 0 Å². The Bertz CT molecular complexity index is 1260. The van der Waals surface area contributed by atoms with Gasteiger partial charge in [0.25, 0.3) is 0 Å². The van der Waals surface area contributed by atoms with E-state index in [4.69, 9.17) is 4.74 Å². The first-order chi connectivity index (χ1) is 18.3. The van der Waals surface area contributed by atoms with E-state index in [0.29, 0.717) is 31.9 Å². The van der Waals surface area contributed by atoms with Crippen molar-refractivity contribution < 1.29 is 22.7 Å². The Labute approximate surface area is 225 Å². The van der Waals surface area contributed by atoms with Crippen molar-refractivity contribution in [3.05, 3.63) is 65.2 Å². The first kappa shape index (κ1) is 26.8. The number of ether oxygens (including phenoxy) is 1. The van der Waals surface area contributed by atoms with Crippen molar-refractivity contribution >= 4 is 21.8 Å². The number of amides is 2. The third kappa shape index (κ3) is 4.99. The molecule has 0 radical (unpaired) electrons. The molecule has 1 aliphatic carbocycles. The Morgan fingerprint density at radius 1 is 0.947 bits per heavy atom. The summed E-state index contributed by atoms with van der Waals surface area (Å²) in [6.45, 7) is 5.43. The zero-order valence-electron chi connectivity index (χ0n) is 22.1. The fraction of sp³-hybridized carbons (Fsp3) is 0.517. The quantitative estimate of drug-likeness (QED) is 0.557. The van der Waals surface area contributed by atoms with Crippen molar-refractivity contribution in [3.8, 4) is 0 Å². The molecule has 2 amide bonds. The molecule has 0 spiro atoms. The van der Waals surface area contributed by atoms with Crippen LogP contribution in [0, 0.1) is 11.8 Å². The zero-order valence-corrected chi connectivity index (χ0v) is 23.0. The summed E-state index contributed by atoms with van der Waals surface area (Å²) in [4.78, 5) is 29.6. The number of nitrogens with one attached hydrogen (secondary N) is 1. The van der Waals surface area contributed by atoms with Crippen LogP contribution in [0.2, 0.25) is 0 Å². The summed E-state index contributed by atoms with van der Waals surface area (Å²) in [5.74, 6) is -0.323. The van der Waals surface area contributed by atoms with Gasteiger partial charge in [-0.15, -0.1) is 0 Å². The molecule has 2 aromatic carbocycles. The van der Waals surface area contributed by atoms with Gasteiger partial charge in [-0.25, -0.2) is 8.42 Å². The van der Waals surface area contributed by atoms with E-state index in [-0.39, 0.29) is 35.1 Å². The van der Waals surface area contributed by atoms with Crippen molar-refractivity contribution in [1.29, 1.82) is 0 Å². The maximum absolute atomic E-state index is 14.2. The molecule has 2 heterocycles. The van der Waals surface area contributed by atoms with Gasteiger partial charge in [-0.2, -0.15) is 4.31 Å². The number of piperazine rings is 1. The minimum Gasteiger partial charge on any atom is -0.379 e. The van der Waals surface area contributed by atoms with E-state index in [9.17, 15) is 18.0 Å². The molecule has 2 saturated heterocycles. The third-order valence-corrected chi connectivity index (χ3v) is 10.4.